The molecule has 0 bridgehead atoms. The summed E-state index contributed by atoms with van der Waals surface area (Å²) in [5.74, 6) is 1.64. The van der Waals surface area contributed by atoms with Gasteiger partial charge < -0.3 is 5.32 Å². The Morgan fingerprint density at radius 2 is 2.17 bits per heavy atom. The van der Waals surface area contributed by atoms with Crippen molar-refractivity contribution < 1.29 is 0 Å². The third-order valence-electron chi connectivity index (χ3n) is 4.92. The van der Waals surface area contributed by atoms with Gasteiger partial charge in [0.1, 0.15) is 5.01 Å². The van der Waals surface area contributed by atoms with Crippen LogP contribution in [0.3, 0.4) is 0 Å². The molecular formula is C14H23N3S. The highest BCUT2D eigenvalue weighted by molar-refractivity contribution is 7.11. The van der Waals surface area contributed by atoms with Gasteiger partial charge in [-0.1, -0.05) is 0 Å². The maximum absolute atomic E-state index is 4.69. The second-order valence-electron chi connectivity index (χ2n) is 6.31. The topological polar surface area (TPSA) is 28.2 Å². The Labute approximate surface area is 114 Å². The number of rotatable bonds is 2. The molecule has 4 heteroatoms. The summed E-state index contributed by atoms with van der Waals surface area (Å²) in [5, 5.41) is 4.82. The van der Waals surface area contributed by atoms with E-state index in [0.717, 1.165) is 18.4 Å². The number of nitrogens with zero attached hydrogens (tertiary/aromatic N) is 2. The van der Waals surface area contributed by atoms with Crippen LogP contribution in [0.15, 0.2) is 0 Å². The zero-order valence-corrected chi connectivity index (χ0v) is 12.6. The summed E-state index contributed by atoms with van der Waals surface area (Å²) in [4.78, 5) is 8.70. The highest BCUT2D eigenvalue weighted by atomic mass is 32.1. The van der Waals surface area contributed by atoms with Crippen LogP contribution in [0, 0.1) is 25.7 Å². The maximum Gasteiger partial charge on any atom is 0.107 e. The molecule has 18 heavy (non-hydrogen) atoms. The van der Waals surface area contributed by atoms with Crippen LogP contribution in [-0.4, -0.2) is 35.1 Å². The van der Waals surface area contributed by atoms with Gasteiger partial charge in [-0.05, 0) is 46.1 Å². The summed E-state index contributed by atoms with van der Waals surface area (Å²) in [6.45, 7) is 13.7. The first-order chi connectivity index (χ1) is 8.48. The molecule has 3 rings (SSSR count). The molecule has 2 aliphatic rings. The van der Waals surface area contributed by atoms with Crippen molar-refractivity contribution in [1.29, 1.82) is 0 Å². The van der Waals surface area contributed by atoms with Crippen molar-refractivity contribution in [2.24, 2.45) is 11.8 Å². The fourth-order valence-electron chi connectivity index (χ4n) is 3.54. The first-order valence-electron chi connectivity index (χ1n) is 6.87. The Hall–Kier alpha value is -0.450. The normalized spacial score (nSPS) is 30.9. The number of nitrogens with one attached hydrogen (secondary N) is 1. The molecule has 2 unspecified atom stereocenters. The lowest BCUT2D eigenvalue weighted by molar-refractivity contribution is 0.132. The van der Waals surface area contributed by atoms with Crippen molar-refractivity contribution in [2.75, 3.05) is 19.6 Å². The summed E-state index contributed by atoms with van der Waals surface area (Å²) in [6.07, 6.45) is 0. The zero-order valence-electron chi connectivity index (χ0n) is 11.8. The van der Waals surface area contributed by atoms with E-state index >= 15 is 0 Å². The third kappa shape index (κ3) is 1.91. The Balaban J connectivity index is 1.77. The number of hydrogen-bond donors (Lipinski definition) is 1. The molecule has 2 aliphatic heterocycles. The van der Waals surface area contributed by atoms with E-state index in [1.54, 1.807) is 0 Å². The first-order valence-corrected chi connectivity index (χ1v) is 7.69. The lowest BCUT2D eigenvalue weighted by Crippen LogP contribution is -2.43. The van der Waals surface area contributed by atoms with Crippen LogP contribution in [0.5, 0.6) is 0 Å². The predicted molar refractivity (Wildman–Crippen MR) is 75.9 cm³/mol. The van der Waals surface area contributed by atoms with Crippen molar-refractivity contribution in [3.8, 4) is 0 Å². The standard InChI is InChI=1S/C14H23N3S/c1-9-10(2)18-13(16-9)8-17-7-11-5-15-6-12(11)14(17,3)4/h11-12,15H,5-8H2,1-4H3. The number of hydrogen-bond acceptors (Lipinski definition) is 4. The van der Waals surface area contributed by atoms with E-state index in [1.165, 1.54) is 35.2 Å². The number of aryl methyl sites for hydroxylation is 2. The van der Waals surface area contributed by atoms with Crippen molar-refractivity contribution in [3.05, 3.63) is 15.6 Å². The summed E-state index contributed by atoms with van der Waals surface area (Å²) in [6, 6.07) is 0. The molecule has 1 N–H and O–H groups in total. The lowest BCUT2D eigenvalue weighted by atomic mass is 9.85. The average Bonchev–Trinajstić information content (AvgIpc) is 2.91. The average molecular weight is 265 g/mol. The zero-order chi connectivity index (χ0) is 12.9. The van der Waals surface area contributed by atoms with E-state index in [9.17, 15) is 0 Å². The minimum Gasteiger partial charge on any atom is -0.316 e. The van der Waals surface area contributed by atoms with Crippen LogP contribution in [0.25, 0.3) is 0 Å². The molecule has 0 saturated carbocycles. The van der Waals surface area contributed by atoms with Crippen molar-refractivity contribution in [1.82, 2.24) is 15.2 Å². The monoisotopic (exact) mass is 265 g/mol. The summed E-state index contributed by atoms with van der Waals surface area (Å²) in [7, 11) is 0. The third-order valence-corrected chi connectivity index (χ3v) is 5.97. The molecule has 3 nitrogen and oxygen atoms in total. The number of thiazole rings is 1. The van der Waals surface area contributed by atoms with Gasteiger partial charge in [-0.15, -0.1) is 11.3 Å². The Bertz CT molecular complexity index is 432. The molecule has 100 valence electrons. The van der Waals surface area contributed by atoms with Crippen LogP contribution in [0.2, 0.25) is 0 Å². The van der Waals surface area contributed by atoms with E-state index in [1.807, 2.05) is 11.3 Å². The predicted octanol–water partition coefficient (Wildman–Crippen LogP) is 2.19. The smallest absolute Gasteiger partial charge is 0.107 e. The minimum absolute atomic E-state index is 0.307. The van der Waals surface area contributed by atoms with Crippen LogP contribution < -0.4 is 5.32 Å². The van der Waals surface area contributed by atoms with Crippen molar-refractivity contribution in [3.63, 3.8) is 0 Å². The molecule has 1 aromatic rings. The second-order valence-corrected chi connectivity index (χ2v) is 7.60. The van der Waals surface area contributed by atoms with Gasteiger partial charge in [0.2, 0.25) is 0 Å². The largest absolute Gasteiger partial charge is 0.316 e. The Morgan fingerprint density at radius 3 is 2.78 bits per heavy atom. The summed E-state index contributed by atoms with van der Waals surface area (Å²) in [5.41, 5.74) is 1.51. The Kier molecular flexibility index (Phi) is 3.00. The van der Waals surface area contributed by atoms with Crippen LogP contribution in [-0.2, 0) is 6.54 Å². The summed E-state index contributed by atoms with van der Waals surface area (Å²) < 4.78 is 0. The molecule has 0 aliphatic carbocycles. The Morgan fingerprint density at radius 1 is 1.39 bits per heavy atom. The number of likely N-dealkylation sites (tertiary alicyclic amines) is 1. The van der Waals surface area contributed by atoms with Crippen LogP contribution in [0.1, 0.15) is 29.4 Å². The van der Waals surface area contributed by atoms with Gasteiger partial charge in [0.25, 0.3) is 0 Å². The van der Waals surface area contributed by atoms with E-state index in [0.29, 0.717) is 5.54 Å². The van der Waals surface area contributed by atoms with Crippen molar-refractivity contribution >= 4 is 11.3 Å². The molecule has 2 atom stereocenters. The van der Waals surface area contributed by atoms with E-state index in [4.69, 9.17) is 4.98 Å². The fourth-order valence-corrected chi connectivity index (χ4v) is 4.49. The maximum atomic E-state index is 4.69. The van der Waals surface area contributed by atoms with Gasteiger partial charge in [0, 0.05) is 23.5 Å². The minimum atomic E-state index is 0.307. The second kappa shape index (κ2) is 4.29. The van der Waals surface area contributed by atoms with Gasteiger partial charge in [0.15, 0.2) is 0 Å². The molecule has 3 heterocycles. The highest BCUT2D eigenvalue weighted by Crippen LogP contribution is 2.41. The molecule has 0 spiro atoms. The van der Waals surface area contributed by atoms with Gasteiger partial charge in [-0.3, -0.25) is 4.90 Å². The molecule has 2 fully saturated rings. The summed E-state index contributed by atoms with van der Waals surface area (Å²) >= 11 is 1.86. The fraction of sp³-hybridized carbons (Fsp3) is 0.786. The molecule has 2 saturated heterocycles. The van der Waals surface area contributed by atoms with Gasteiger partial charge in [-0.25, -0.2) is 4.98 Å². The van der Waals surface area contributed by atoms with Gasteiger partial charge in [0.05, 0.1) is 12.2 Å². The molecule has 0 radical (unpaired) electrons. The highest BCUT2D eigenvalue weighted by Gasteiger charge is 2.49. The first kappa shape index (κ1) is 12.6. The van der Waals surface area contributed by atoms with E-state index in [-0.39, 0.29) is 0 Å². The number of fused-ring (bicyclic) bond motifs is 1. The van der Waals surface area contributed by atoms with Crippen LogP contribution in [0.4, 0.5) is 0 Å². The molecule has 1 aromatic heterocycles. The quantitative estimate of drug-likeness (QED) is 0.888. The molecule has 0 amide bonds. The number of aromatic nitrogens is 1. The van der Waals surface area contributed by atoms with Gasteiger partial charge >= 0.3 is 0 Å². The van der Waals surface area contributed by atoms with Gasteiger partial charge in [-0.2, -0.15) is 0 Å². The molecule has 0 aromatic carbocycles. The van der Waals surface area contributed by atoms with Crippen molar-refractivity contribution in [2.45, 2.75) is 39.8 Å². The van der Waals surface area contributed by atoms with E-state index in [2.05, 4.69) is 37.9 Å². The van der Waals surface area contributed by atoms with Crippen LogP contribution >= 0.6 is 11.3 Å². The van der Waals surface area contributed by atoms with E-state index < -0.39 is 0 Å². The molecular weight excluding hydrogens is 242 g/mol. The SMILES string of the molecule is Cc1nc(CN2CC3CNCC3C2(C)C)sc1C. The lowest BCUT2D eigenvalue weighted by Gasteiger charge is -2.35.